The van der Waals surface area contributed by atoms with Crippen molar-refractivity contribution in [2.45, 2.75) is 51.6 Å². The number of nitrogens with two attached hydrogens (primary N) is 1. The zero-order chi connectivity index (χ0) is 15.4. The molecule has 0 atom stereocenters. The molecule has 2 aliphatic heterocycles. The van der Waals surface area contributed by atoms with Crippen molar-refractivity contribution in [2.24, 2.45) is 0 Å². The summed E-state index contributed by atoms with van der Waals surface area (Å²) in [5, 5.41) is 10.7. The van der Waals surface area contributed by atoms with Crippen LogP contribution < -0.4 is 5.73 Å². The van der Waals surface area contributed by atoms with Gasteiger partial charge in [0.05, 0.1) is 0 Å². The second-order valence-electron chi connectivity index (χ2n) is 6.86. The van der Waals surface area contributed by atoms with Gasteiger partial charge in [0.1, 0.15) is 5.75 Å². The smallest absolute Gasteiger partial charge is 0.124 e. The minimum absolute atomic E-state index is 0.463. The van der Waals surface area contributed by atoms with Gasteiger partial charge in [0.15, 0.2) is 0 Å². The maximum Gasteiger partial charge on any atom is 0.124 e. The summed E-state index contributed by atoms with van der Waals surface area (Å²) in [5.41, 5.74) is 8.85. The predicted octanol–water partition coefficient (Wildman–Crippen LogP) is 2.95. The Morgan fingerprint density at radius 2 is 1.18 bits per heavy atom. The van der Waals surface area contributed by atoms with Gasteiger partial charge in [-0.1, -0.05) is 12.8 Å². The van der Waals surface area contributed by atoms with E-state index < -0.39 is 0 Å². The Kier molecular flexibility index (Phi) is 5.21. The van der Waals surface area contributed by atoms with Crippen LogP contribution in [0, 0.1) is 0 Å². The molecule has 4 heteroatoms. The van der Waals surface area contributed by atoms with Crippen LogP contribution in [0.15, 0.2) is 12.1 Å². The third-order valence-corrected chi connectivity index (χ3v) is 4.98. The summed E-state index contributed by atoms with van der Waals surface area (Å²) in [6.45, 7) is 6.19. The van der Waals surface area contributed by atoms with Crippen LogP contribution in [0.5, 0.6) is 5.75 Å². The van der Waals surface area contributed by atoms with Crippen LogP contribution in [0.25, 0.3) is 0 Å². The molecule has 2 aliphatic rings. The second-order valence-corrected chi connectivity index (χ2v) is 6.86. The third-order valence-electron chi connectivity index (χ3n) is 4.98. The molecule has 0 bridgehead atoms. The van der Waals surface area contributed by atoms with E-state index in [0.29, 0.717) is 5.75 Å². The maximum absolute atomic E-state index is 10.7. The highest BCUT2D eigenvalue weighted by Crippen LogP contribution is 2.29. The number of piperidine rings is 2. The van der Waals surface area contributed by atoms with E-state index in [2.05, 4.69) is 9.80 Å². The van der Waals surface area contributed by atoms with E-state index >= 15 is 0 Å². The Morgan fingerprint density at radius 3 is 1.59 bits per heavy atom. The molecule has 1 aromatic carbocycles. The molecule has 4 nitrogen and oxygen atoms in total. The molecule has 2 saturated heterocycles. The van der Waals surface area contributed by atoms with Crippen LogP contribution in [0.3, 0.4) is 0 Å². The first-order valence-electron chi connectivity index (χ1n) is 8.77. The van der Waals surface area contributed by atoms with Crippen molar-refractivity contribution in [3.05, 3.63) is 23.3 Å². The van der Waals surface area contributed by atoms with Gasteiger partial charge in [-0.15, -0.1) is 0 Å². The van der Waals surface area contributed by atoms with E-state index in [1.807, 2.05) is 12.1 Å². The standard InChI is InChI=1S/C18H29N3O/c19-17-11-15(13-20-7-3-1-4-8-20)18(22)16(12-17)14-21-9-5-2-6-10-21/h11-12,22H,1-10,13-14,19H2. The molecule has 0 unspecified atom stereocenters. The molecule has 0 radical (unpaired) electrons. The molecule has 1 aromatic rings. The number of aromatic hydroxyl groups is 1. The number of phenols is 1. The number of hydrogen-bond donors (Lipinski definition) is 2. The third kappa shape index (κ3) is 3.93. The summed E-state index contributed by atoms with van der Waals surface area (Å²) < 4.78 is 0. The quantitative estimate of drug-likeness (QED) is 0.663. The van der Waals surface area contributed by atoms with E-state index in [0.717, 1.165) is 56.1 Å². The van der Waals surface area contributed by atoms with Gasteiger partial charge in [0.2, 0.25) is 0 Å². The van der Waals surface area contributed by atoms with Crippen LogP contribution in [-0.4, -0.2) is 41.1 Å². The summed E-state index contributed by atoms with van der Waals surface area (Å²) in [6.07, 6.45) is 7.74. The lowest BCUT2D eigenvalue weighted by Gasteiger charge is -2.29. The van der Waals surface area contributed by atoms with E-state index in [4.69, 9.17) is 5.73 Å². The van der Waals surface area contributed by atoms with Crippen LogP contribution in [0.2, 0.25) is 0 Å². The molecule has 3 rings (SSSR count). The minimum Gasteiger partial charge on any atom is -0.507 e. The fraction of sp³-hybridized carbons (Fsp3) is 0.667. The number of nitrogens with zero attached hydrogens (tertiary/aromatic N) is 2. The van der Waals surface area contributed by atoms with Gasteiger partial charge in [-0.05, 0) is 64.0 Å². The SMILES string of the molecule is Nc1cc(CN2CCCCC2)c(O)c(CN2CCCCC2)c1. The van der Waals surface area contributed by atoms with Gasteiger partial charge in [-0.25, -0.2) is 0 Å². The van der Waals surface area contributed by atoms with Crippen molar-refractivity contribution >= 4 is 5.69 Å². The average molecular weight is 303 g/mol. The van der Waals surface area contributed by atoms with Gasteiger partial charge in [0.25, 0.3) is 0 Å². The lowest BCUT2D eigenvalue weighted by Crippen LogP contribution is -2.30. The van der Waals surface area contributed by atoms with Crippen LogP contribution in [0.4, 0.5) is 5.69 Å². The normalized spacial score (nSPS) is 21.1. The van der Waals surface area contributed by atoms with Crippen molar-refractivity contribution in [2.75, 3.05) is 31.9 Å². The van der Waals surface area contributed by atoms with Crippen molar-refractivity contribution < 1.29 is 5.11 Å². The van der Waals surface area contributed by atoms with E-state index in [-0.39, 0.29) is 0 Å². The zero-order valence-electron chi connectivity index (χ0n) is 13.6. The molecule has 3 N–H and O–H groups in total. The van der Waals surface area contributed by atoms with Gasteiger partial charge in [-0.3, -0.25) is 9.80 Å². The second kappa shape index (κ2) is 7.34. The number of likely N-dealkylation sites (tertiary alicyclic amines) is 2. The number of nitrogen functional groups attached to an aromatic ring is 1. The molecule has 0 saturated carbocycles. The first-order valence-corrected chi connectivity index (χ1v) is 8.77. The van der Waals surface area contributed by atoms with E-state index in [1.165, 1.54) is 38.5 Å². The summed E-state index contributed by atoms with van der Waals surface area (Å²) in [5.74, 6) is 0.463. The highest BCUT2D eigenvalue weighted by atomic mass is 16.3. The fourth-order valence-electron chi connectivity index (χ4n) is 3.74. The lowest BCUT2D eigenvalue weighted by atomic mass is 10.0. The number of rotatable bonds is 4. The van der Waals surface area contributed by atoms with Crippen LogP contribution in [-0.2, 0) is 13.1 Å². The van der Waals surface area contributed by atoms with Crippen molar-refractivity contribution in [3.63, 3.8) is 0 Å². The summed E-state index contributed by atoms with van der Waals surface area (Å²) in [7, 11) is 0. The number of phenolic OH excluding ortho intramolecular Hbond substituents is 1. The number of benzene rings is 1. The molecule has 122 valence electrons. The van der Waals surface area contributed by atoms with Gasteiger partial charge >= 0.3 is 0 Å². The molecule has 0 aliphatic carbocycles. The molecule has 0 amide bonds. The van der Waals surface area contributed by atoms with E-state index in [1.54, 1.807) is 0 Å². The molecular weight excluding hydrogens is 274 g/mol. The Labute approximate surface area is 133 Å². The lowest BCUT2D eigenvalue weighted by molar-refractivity contribution is 0.213. The fourth-order valence-corrected chi connectivity index (χ4v) is 3.74. The summed E-state index contributed by atoms with van der Waals surface area (Å²) in [4.78, 5) is 4.87. The Balaban J connectivity index is 1.72. The zero-order valence-corrected chi connectivity index (χ0v) is 13.6. The largest absolute Gasteiger partial charge is 0.507 e. The number of anilines is 1. The van der Waals surface area contributed by atoms with Crippen molar-refractivity contribution in [1.82, 2.24) is 9.80 Å². The van der Waals surface area contributed by atoms with Crippen molar-refractivity contribution in [3.8, 4) is 5.75 Å². The van der Waals surface area contributed by atoms with Gasteiger partial charge < -0.3 is 10.8 Å². The first kappa shape index (κ1) is 15.6. The molecular formula is C18H29N3O. The van der Waals surface area contributed by atoms with Gasteiger partial charge in [-0.2, -0.15) is 0 Å². The molecule has 0 spiro atoms. The predicted molar refractivity (Wildman–Crippen MR) is 90.8 cm³/mol. The Bertz CT molecular complexity index is 450. The summed E-state index contributed by atoms with van der Waals surface area (Å²) >= 11 is 0. The maximum atomic E-state index is 10.7. The molecule has 22 heavy (non-hydrogen) atoms. The molecule has 2 fully saturated rings. The highest BCUT2D eigenvalue weighted by molar-refractivity contribution is 5.52. The number of hydrogen-bond acceptors (Lipinski definition) is 4. The first-order chi connectivity index (χ1) is 10.7. The van der Waals surface area contributed by atoms with Crippen LogP contribution >= 0.6 is 0 Å². The molecule has 2 heterocycles. The minimum atomic E-state index is 0.463. The molecule has 0 aromatic heterocycles. The Morgan fingerprint density at radius 1 is 0.773 bits per heavy atom. The topological polar surface area (TPSA) is 52.7 Å². The highest BCUT2D eigenvalue weighted by Gasteiger charge is 2.17. The van der Waals surface area contributed by atoms with Crippen molar-refractivity contribution in [1.29, 1.82) is 0 Å². The monoisotopic (exact) mass is 303 g/mol. The summed E-state index contributed by atoms with van der Waals surface area (Å²) in [6, 6.07) is 3.90. The Hall–Kier alpha value is -1.26. The van der Waals surface area contributed by atoms with E-state index in [9.17, 15) is 5.11 Å². The van der Waals surface area contributed by atoms with Gasteiger partial charge in [0, 0.05) is 29.9 Å². The van der Waals surface area contributed by atoms with Crippen LogP contribution in [0.1, 0.15) is 49.7 Å². The average Bonchev–Trinajstić information content (AvgIpc) is 2.54.